The van der Waals surface area contributed by atoms with Gasteiger partial charge in [-0.15, -0.1) is 23.5 Å². The van der Waals surface area contributed by atoms with E-state index >= 15 is 0 Å². The Morgan fingerprint density at radius 1 is 1.18 bits per heavy atom. The van der Waals surface area contributed by atoms with Crippen molar-refractivity contribution in [1.29, 1.82) is 0 Å². The zero-order chi connectivity index (χ0) is 15.6. The van der Waals surface area contributed by atoms with Gasteiger partial charge in [-0.3, -0.25) is 4.79 Å². The topological polar surface area (TPSA) is 38.3 Å². The molecule has 3 nitrogen and oxygen atoms in total. The van der Waals surface area contributed by atoms with Crippen LogP contribution < -0.4 is 5.32 Å². The van der Waals surface area contributed by atoms with Crippen molar-refractivity contribution < 1.29 is 9.53 Å². The third-order valence-electron chi connectivity index (χ3n) is 3.46. The maximum absolute atomic E-state index is 12.1. The lowest BCUT2D eigenvalue weighted by Crippen LogP contribution is -2.25. The molecule has 0 radical (unpaired) electrons. The molecule has 0 spiro atoms. The Bertz CT molecular complexity index is 444. The van der Waals surface area contributed by atoms with Gasteiger partial charge in [-0.25, -0.2) is 0 Å². The number of unbranched alkanes of at least 4 members (excludes halogenated alkanes) is 1. The van der Waals surface area contributed by atoms with Crippen LogP contribution in [0.2, 0.25) is 0 Å². The zero-order valence-electron chi connectivity index (χ0n) is 13.2. The summed E-state index contributed by atoms with van der Waals surface area (Å²) in [4.78, 5) is 12.1. The van der Waals surface area contributed by atoms with Gasteiger partial charge in [-0.2, -0.15) is 0 Å². The molecule has 122 valence electrons. The van der Waals surface area contributed by atoms with Crippen LogP contribution in [0.5, 0.6) is 0 Å². The Balaban J connectivity index is 1.66. The molecule has 1 aliphatic heterocycles. The Labute approximate surface area is 142 Å². The van der Waals surface area contributed by atoms with Crippen LogP contribution in [-0.2, 0) is 4.74 Å². The molecule has 0 aliphatic carbocycles. The molecular formula is C17H25NO2S2. The Hall–Kier alpha value is -0.650. The maximum Gasteiger partial charge on any atom is 0.251 e. The highest BCUT2D eigenvalue weighted by molar-refractivity contribution is 8.19. The second-order valence-corrected chi connectivity index (χ2v) is 8.00. The quantitative estimate of drug-likeness (QED) is 0.687. The number of carbonyl (C=O) groups is 1. The van der Waals surface area contributed by atoms with Gasteiger partial charge in [0, 0.05) is 36.8 Å². The van der Waals surface area contributed by atoms with Crippen LogP contribution in [0.25, 0.3) is 0 Å². The molecule has 0 aromatic heterocycles. The van der Waals surface area contributed by atoms with E-state index in [0.717, 1.165) is 38.0 Å². The second kappa shape index (κ2) is 10.2. The van der Waals surface area contributed by atoms with Crippen LogP contribution in [0, 0.1) is 0 Å². The van der Waals surface area contributed by atoms with Crippen LogP contribution in [-0.4, -0.2) is 37.2 Å². The molecule has 0 saturated carbocycles. The third kappa shape index (κ3) is 5.86. The van der Waals surface area contributed by atoms with Gasteiger partial charge in [0.15, 0.2) is 0 Å². The molecule has 5 heteroatoms. The van der Waals surface area contributed by atoms with E-state index in [9.17, 15) is 4.79 Å². The summed E-state index contributed by atoms with van der Waals surface area (Å²) in [6, 6.07) is 8.03. The summed E-state index contributed by atoms with van der Waals surface area (Å²) in [6.45, 7) is 4.36. The van der Waals surface area contributed by atoms with Crippen LogP contribution in [0.15, 0.2) is 24.3 Å². The van der Waals surface area contributed by atoms with Crippen molar-refractivity contribution >= 4 is 29.4 Å². The average Bonchev–Trinajstić information content (AvgIpc) is 3.08. The van der Waals surface area contributed by atoms with E-state index < -0.39 is 0 Å². The summed E-state index contributed by atoms with van der Waals surface area (Å²) in [5, 5.41) is 2.95. The maximum atomic E-state index is 12.1. The molecule has 1 amide bonds. The van der Waals surface area contributed by atoms with E-state index in [2.05, 4.69) is 24.4 Å². The Morgan fingerprint density at radius 3 is 2.55 bits per heavy atom. The number of nitrogens with one attached hydrogen (secondary N) is 1. The predicted molar refractivity (Wildman–Crippen MR) is 96.8 cm³/mol. The number of hydrogen-bond donors (Lipinski definition) is 1. The van der Waals surface area contributed by atoms with Gasteiger partial charge in [0.2, 0.25) is 0 Å². The summed E-state index contributed by atoms with van der Waals surface area (Å²) in [5.41, 5.74) is 2.05. The van der Waals surface area contributed by atoms with E-state index in [1.54, 1.807) is 0 Å². The first-order valence-corrected chi connectivity index (χ1v) is 10.1. The van der Waals surface area contributed by atoms with Crippen molar-refractivity contribution in [2.45, 2.75) is 30.8 Å². The minimum Gasteiger partial charge on any atom is -0.381 e. The third-order valence-corrected chi connectivity index (χ3v) is 6.56. The first-order chi connectivity index (χ1) is 10.8. The normalized spacial score (nSPS) is 15.1. The highest BCUT2D eigenvalue weighted by Crippen LogP contribution is 2.45. The summed E-state index contributed by atoms with van der Waals surface area (Å²) < 4.78 is 6.02. The van der Waals surface area contributed by atoms with E-state index in [4.69, 9.17) is 4.74 Å². The smallest absolute Gasteiger partial charge is 0.251 e. The molecule has 0 atom stereocenters. The SMILES string of the molecule is CCCCOCCCNC(=O)c1ccc(C2SCCS2)cc1. The van der Waals surface area contributed by atoms with Crippen LogP contribution in [0.4, 0.5) is 0 Å². The minimum atomic E-state index is 0.00633. The molecule has 1 fully saturated rings. The lowest BCUT2D eigenvalue weighted by molar-refractivity contribution is 0.0940. The molecule has 1 aromatic carbocycles. The highest BCUT2D eigenvalue weighted by atomic mass is 32.2. The number of amides is 1. The van der Waals surface area contributed by atoms with Gasteiger partial charge < -0.3 is 10.1 Å². The minimum absolute atomic E-state index is 0.00633. The van der Waals surface area contributed by atoms with Gasteiger partial charge in [0.25, 0.3) is 5.91 Å². The Morgan fingerprint density at radius 2 is 1.86 bits per heavy atom. The lowest BCUT2D eigenvalue weighted by Gasteiger charge is -2.10. The van der Waals surface area contributed by atoms with Gasteiger partial charge in [-0.1, -0.05) is 25.5 Å². The molecular weight excluding hydrogens is 314 g/mol. The second-order valence-electron chi connectivity index (χ2n) is 5.27. The summed E-state index contributed by atoms with van der Waals surface area (Å²) >= 11 is 3.97. The highest BCUT2D eigenvalue weighted by Gasteiger charge is 2.18. The van der Waals surface area contributed by atoms with Gasteiger partial charge in [0.1, 0.15) is 0 Å². The summed E-state index contributed by atoms with van der Waals surface area (Å²) in [6.07, 6.45) is 3.13. The Kier molecular flexibility index (Phi) is 8.20. The van der Waals surface area contributed by atoms with Gasteiger partial charge >= 0.3 is 0 Å². The number of carbonyl (C=O) groups excluding carboxylic acids is 1. The molecule has 1 aromatic rings. The lowest BCUT2D eigenvalue weighted by atomic mass is 10.1. The zero-order valence-corrected chi connectivity index (χ0v) is 14.8. The molecule has 2 rings (SSSR count). The number of thioether (sulfide) groups is 2. The number of rotatable bonds is 9. The van der Waals surface area contributed by atoms with E-state index in [0.29, 0.717) is 11.1 Å². The van der Waals surface area contributed by atoms with Crippen molar-refractivity contribution in [3.05, 3.63) is 35.4 Å². The van der Waals surface area contributed by atoms with Gasteiger partial charge in [-0.05, 0) is 30.5 Å². The standard InChI is InChI=1S/C17H25NO2S2/c1-2-3-10-20-11-4-9-18-16(19)14-5-7-15(8-6-14)17-21-12-13-22-17/h5-8,17H,2-4,9-13H2,1H3,(H,18,19). The van der Waals surface area contributed by atoms with Crippen molar-refractivity contribution in [3.63, 3.8) is 0 Å². The van der Waals surface area contributed by atoms with Crippen LogP contribution in [0.1, 0.15) is 46.7 Å². The largest absolute Gasteiger partial charge is 0.381 e. The van der Waals surface area contributed by atoms with Gasteiger partial charge in [0.05, 0.1) is 4.58 Å². The monoisotopic (exact) mass is 339 g/mol. The molecule has 0 unspecified atom stereocenters. The average molecular weight is 340 g/mol. The molecule has 1 saturated heterocycles. The number of ether oxygens (including phenoxy) is 1. The van der Waals surface area contributed by atoms with Crippen LogP contribution in [0.3, 0.4) is 0 Å². The first-order valence-electron chi connectivity index (χ1n) is 8.00. The van der Waals surface area contributed by atoms with E-state index in [1.807, 2.05) is 35.7 Å². The molecule has 22 heavy (non-hydrogen) atoms. The fraction of sp³-hybridized carbons (Fsp3) is 0.588. The molecule has 0 bridgehead atoms. The fourth-order valence-corrected chi connectivity index (χ4v) is 5.03. The van der Waals surface area contributed by atoms with Crippen molar-refractivity contribution in [2.24, 2.45) is 0 Å². The first kappa shape index (κ1) is 17.7. The summed E-state index contributed by atoms with van der Waals surface area (Å²) in [7, 11) is 0. The molecule has 1 heterocycles. The molecule has 1 N–H and O–H groups in total. The summed E-state index contributed by atoms with van der Waals surface area (Å²) in [5.74, 6) is 2.45. The predicted octanol–water partition coefficient (Wildman–Crippen LogP) is 4.10. The number of benzene rings is 1. The van der Waals surface area contributed by atoms with E-state index in [-0.39, 0.29) is 5.91 Å². The fourth-order valence-electron chi connectivity index (χ4n) is 2.17. The van der Waals surface area contributed by atoms with Crippen molar-refractivity contribution in [3.8, 4) is 0 Å². The van der Waals surface area contributed by atoms with Crippen molar-refractivity contribution in [2.75, 3.05) is 31.3 Å². The number of hydrogen-bond acceptors (Lipinski definition) is 4. The molecule has 1 aliphatic rings. The van der Waals surface area contributed by atoms with E-state index in [1.165, 1.54) is 17.1 Å². The van der Waals surface area contributed by atoms with Crippen molar-refractivity contribution in [1.82, 2.24) is 5.32 Å². The van der Waals surface area contributed by atoms with Crippen LogP contribution >= 0.6 is 23.5 Å².